The molecule has 4 aliphatic rings. The summed E-state index contributed by atoms with van der Waals surface area (Å²) in [5, 5.41) is 26.3. The van der Waals surface area contributed by atoms with E-state index in [4.69, 9.17) is 16.6 Å². The van der Waals surface area contributed by atoms with Crippen LogP contribution >= 0.6 is 0 Å². The summed E-state index contributed by atoms with van der Waals surface area (Å²) >= 11 is 0. The second kappa shape index (κ2) is 23.4. The van der Waals surface area contributed by atoms with E-state index in [-0.39, 0.29) is 44.6 Å². The first-order chi connectivity index (χ1) is 32.0. The molecule has 67 heavy (non-hydrogen) atoms. The van der Waals surface area contributed by atoms with Gasteiger partial charge in [-0.1, -0.05) is 62.4 Å². The van der Waals surface area contributed by atoms with Gasteiger partial charge in [-0.25, -0.2) is 0 Å². The first-order valence-corrected chi connectivity index (χ1v) is 23.6. The zero-order valence-electron chi connectivity index (χ0n) is 38.4. The lowest BCUT2D eigenvalue weighted by atomic mass is 9.52. The van der Waals surface area contributed by atoms with E-state index >= 15 is 0 Å². The molecule has 0 aliphatic heterocycles. The maximum Gasteiger partial charge on any atom is 0.305 e. The Morgan fingerprint density at radius 2 is 1.27 bits per heavy atom. The Morgan fingerprint density at radius 3 is 1.91 bits per heavy atom. The van der Waals surface area contributed by atoms with Crippen LogP contribution in [0.25, 0.3) is 10.9 Å². The third kappa shape index (κ3) is 14.3. The summed E-state index contributed by atoms with van der Waals surface area (Å²) in [7, 11) is 0. The first-order valence-electron chi connectivity index (χ1n) is 23.6. The van der Waals surface area contributed by atoms with Crippen molar-refractivity contribution >= 4 is 58.2 Å². The first kappa shape index (κ1) is 50.1. The average Bonchev–Trinajstić information content (AvgIpc) is 3.68. The van der Waals surface area contributed by atoms with Gasteiger partial charge in [0.15, 0.2) is 0 Å². The van der Waals surface area contributed by atoms with Gasteiger partial charge in [0.1, 0.15) is 24.2 Å². The van der Waals surface area contributed by atoms with Crippen molar-refractivity contribution in [3.8, 4) is 0 Å². The Morgan fingerprint density at radius 1 is 0.687 bits per heavy atom. The highest BCUT2D eigenvalue weighted by Crippen LogP contribution is 2.56. The number of carbonyl (C=O) groups is 8. The summed E-state index contributed by atoms with van der Waals surface area (Å²) in [6, 6.07) is 9.67. The van der Waals surface area contributed by atoms with E-state index in [1.165, 1.54) is 32.1 Å². The molecular weight excluding hydrogens is 859 g/mol. The van der Waals surface area contributed by atoms with Crippen LogP contribution < -0.4 is 43.4 Å². The molecule has 5 atom stereocenters. The summed E-state index contributed by atoms with van der Waals surface area (Å²) in [6.07, 6.45) is 6.44. The Balaban J connectivity index is 1.21. The van der Waals surface area contributed by atoms with Crippen molar-refractivity contribution in [3.05, 3.63) is 71.9 Å². The molecule has 4 bridgehead atoms. The minimum absolute atomic E-state index is 0.0286. The van der Waals surface area contributed by atoms with E-state index in [1.54, 1.807) is 36.5 Å². The number of amides is 7. The van der Waals surface area contributed by atoms with Crippen LogP contribution in [0.5, 0.6) is 0 Å². The van der Waals surface area contributed by atoms with Crippen LogP contribution in [0, 0.1) is 35.5 Å². The molecule has 4 aliphatic carbocycles. The van der Waals surface area contributed by atoms with Gasteiger partial charge >= 0.3 is 5.97 Å². The lowest BCUT2D eigenvalue weighted by Gasteiger charge is -2.54. The van der Waals surface area contributed by atoms with Gasteiger partial charge < -0.3 is 53.5 Å². The smallest absolute Gasteiger partial charge is 0.305 e. The second-order valence-corrected chi connectivity index (χ2v) is 19.3. The number of para-hydroxylation sites is 1. The van der Waals surface area contributed by atoms with E-state index in [0.717, 1.165) is 22.7 Å². The number of carbonyl (C=O) groups excluding carboxylic acids is 7. The predicted molar refractivity (Wildman–Crippen MR) is 249 cm³/mol. The monoisotopic (exact) mass is 926 g/mol. The number of aliphatic carboxylic acids is 1. The highest BCUT2D eigenvalue weighted by molar-refractivity contribution is 5.98. The largest absolute Gasteiger partial charge is 0.481 e. The number of aromatic nitrogens is 1. The van der Waals surface area contributed by atoms with Crippen LogP contribution in [0.3, 0.4) is 0 Å². The van der Waals surface area contributed by atoms with Gasteiger partial charge in [0, 0.05) is 49.5 Å². The summed E-state index contributed by atoms with van der Waals surface area (Å²) in [6.45, 7) is 4.05. The lowest BCUT2D eigenvalue weighted by Crippen LogP contribution is -2.60. The zero-order chi connectivity index (χ0) is 48.2. The molecule has 7 rings (SSSR count). The molecule has 0 unspecified atom stereocenters. The van der Waals surface area contributed by atoms with Crippen LogP contribution in [0.4, 0.5) is 0 Å². The molecular formula is C49H67N9O9. The highest BCUT2D eigenvalue weighted by atomic mass is 16.4. The minimum Gasteiger partial charge on any atom is -0.481 e. The molecule has 362 valence electrons. The van der Waals surface area contributed by atoms with Gasteiger partial charge in [0.05, 0.1) is 18.9 Å². The fourth-order valence-electron chi connectivity index (χ4n) is 10.5. The number of rotatable bonds is 25. The number of benzene rings is 2. The normalized spacial score (nSPS) is 21.6. The van der Waals surface area contributed by atoms with E-state index in [2.05, 4.69) is 36.9 Å². The molecule has 0 radical (unpaired) electrons. The maximum absolute atomic E-state index is 14.4. The number of carboxylic acids is 1. The van der Waals surface area contributed by atoms with Crippen molar-refractivity contribution in [3.63, 3.8) is 0 Å². The zero-order valence-corrected chi connectivity index (χ0v) is 38.4. The molecule has 1 heterocycles. The molecule has 7 amide bonds. The fraction of sp³-hybridized carbons (Fsp3) is 0.551. The topological polar surface area (TPSA) is 297 Å². The van der Waals surface area contributed by atoms with Crippen LogP contribution in [0.15, 0.2) is 60.8 Å². The molecule has 18 heteroatoms. The number of nitrogens with one attached hydrogen (secondary N) is 7. The maximum atomic E-state index is 14.4. The van der Waals surface area contributed by atoms with Crippen molar-refractivity contribution in [2.75, 3.05) is 13.1 Å². The Labute approximate surface area is 390 Å². The van der Waals surface area contributed by atoms with Crippen LogP contribution in [0.1, 0.15) is 89.2 Å². The predicted octanol–water partition coefficient (Wildman–Crippen LogP) is 1.70. The van der Waals surface area contributed by atoms with E-state index in [1.807, 2.05) is 38.1 Å². The number of H-pyrrole nitrogens is 1. The Kier molecular flexibility index (Phi) is 17.5. The third-order valence-corrected chi connectivity index (χ3v) is 13.6. The summed E-state index contributed by atoms with van der Waals surface area (Å²) < 4.78 is 0. The summed E-state index contributed by atoms with van der Waals surface area (Å²) in [5.41, 5.74) is 13.8. The summed E-state index contributed by atoms with van der Waals surface area (Å²) in [5.74, 6) is -3.21. The van der Waals surface area contributed by atoms with Gasteiger partial charge in [-0.05, 0) is 97.6 Å². The third-order valence-electron chi connectivity index (χ3n) is 13.6. The van der Waals surface area contributed by atoms with Crippen LogP contribution in [0.2, 0.25) is 0 Å². The average molecular weight is 926 g/mol. The van der Waals surface area contributed by atoms with Crippen molar-refractivity contribution in [1.29, 1.82) is 0 Å². The number of fused-ring (bicyclic) bond motifs is 1. The fourth-order valence-corrected chi connectivity index (χ4v) is 10.5. The second-order valence-electron chi connectivity index (χ2n) is 19.3. The number of carboxylic acid groups (broad SMARTS) is 1. The van der Waals surface area contributed by atoms with Crippen molar-refractivity contribution in [1.82, 2.24) is 36.9 Å². The summed E-state index contributed by atoms with van der Waals surface area (Å²) in [4.78, 5) is 110. The SMILES string of the molecule is CC(C)C[C@H](N)C(=O)N[C@@H](CC(=O)NCC1C2CC3CC(C2)CC1C3)C(=O)N[C@@H](CCC(N)=O)C(=O)N[C@@H](Cc1c[nH]c2ccccc12)C(=O)N[C@@H](Cc1ccccc1)C(=O)NCCC(=O)O. The molecule has 4 saturated carbocycles. The van der Waals surface area contributed by atoms with Crippen molar-refractivity contribution in [2.24, 2.45) is 47.0 Å². The molecule has 3 aromatic rings. The molecule has 18 nitrogen and oxygen atoms in total. The number of nitrogens with two attached hydrogens (primary N) is 2. The van der Waals surface area contributed by atoms with Crippen LogP contribution in [-0.2, 0) is 51.2 Å². The molecule has 0 saturated heterocycles. The number of primary amides is 1. The highest BCUT2D eigenvalue weighted by Gasteiger charge is 2.48. The molecule has 0 spiro atoms. The number of aromatic amines is 1. The minimum atomic E-state index is -1.49. The van der Waals surface area contributed by atoms with Gasteiger partial charge in [0.25, 0.3) is 0 Å². The molecule has 4 fully saturated rings. The van der Waals surface area contributed by atoms with E-state index < -0.39 is 83.9 Å². The van der Waals surface area contributed by atoms with Crippen molar-refractivity contribution < 1.29 is 43.5 Å². The standard InChI is InChI=1S/C49H67N9O9/c1-27(2)16-36(50)45(63)56-41(24-43(60)54-26-35-31-18-29-17-30(20-31)21-32(35)19-29)49(67)55-38(12-13-42(51)59)47(65)58-40(23-33-25-53-37-11-7-6-10-34(33)37)48(66)57-39(22-28-8-4-3-5-9-28)46(64)52-15-14-44(61)62/h3-11,25,27,29-32,35-36,38-41,53H,12-24,26,50H2,1-2H3,(H2,51,59)(H,52,64)(H,54,60)(H,55,67)(H,56,63)(H,57,66)(H,58,65)(H,61,62)/t29?,30?,31?,32?,35?,36-,38-,39-,40-,41-/m0/s1. The van der Waals surface area contributed by atoms with E-state index in [9.17, 15) is 38.4 Å². The van der Waals surface area contributed by atoms with Gasteiger partial charge in [0.2, 0.25) is 41.4 Å². The van der Waals surface area contributed by atoms with Gasteiger partial charge in [-0.3, -0.25) is 38.4 Å². The Bertz CT molecular complexity index is 2220. The molecule has 12 N–H and O–H groups in total. The number of hydrogen-bond acceptors (Lipinski definition) is 9. The molecule has 2 aromatic carbocycles. The van der Waals surface area contributed by atoms with Gasteiger partial charge in [-0.15, -0.1) is 0 Å². The Hall–Kier alpha value is -6.30. The van der Waals surface area contributed by atoms with Crippen LogP contribution in [-0.4, -0.2) is 101 Å². The van der Waals surface area contributed by atoms with Crippen molar-refractivity contribution in [2.45, 2.75) is 121 Å². The molecule has 1 aromatic heterocycles. The number of hydrogen-bond donors (Lipinski definition) is 10. The lowest BCUT2D eigenvalue weighted by molar-refractivity contribution is -0.137. The quantitative estimate of drug-likeness (QED) is 0.0587. The van der Waals surface area contributed by atoms with E-state index in [0.29, 0.717) is 41.8 Å². The van der Waals surface area contributed by atoms with Gasteiger partial charge in [-0.2, -0.15) is 0 Å².